The third-order valence-electron chi connectivity index (χ3n) is 3.03. The van der Waals surface area contributed by atoms with Crippen molar-refractivity contribution in [1.82, 2.24) is 0 Å². The molecule has 0 amide bonds. The first kappa shape index (κ1) is 18.4. The van der Waals surface area contributed by atoms with Gasteiger partial charge in [0.1, 0.15) is 11.0 Å². The fourth-order valence-corrected chi connectivity index (χ4v) is 2.89. The number of nitro benzene ring substituents is 1. The fraction of sp³-hybridized carbons (Fsp3) is 0.0667. The van der Waals surface area contributed by atoms with Gasteiger partial charge in [-0.05, 0) is 30.5 Å². The summed E-state index contributed by atoms with van der Waals surface area (Å²) in [5.74, 6) is 0. The monoisotopic (exact) mass is 377 g/mol. The summed E-state index contributed by atoms with van der Waals surface area (Å²) >= 11 is 1.52. The van der Waals surface area contributed by atoms with Crippen LogP contribution in [0.3, 0.4) is 0 Å². The molecule has 128 valence electrons. The highest BCUT2D eigenvalue weighted by molar-refractivity contribution is 7.98. The molecule has 0 N–H and O–H groups in total. The van der Waals surface area contributed by atoms with Gasteiger partial charge in [-0.15, -0.1) is 11.8 Å². The van der Waals surface area contributed by atoms with E-state index >= 15 is 0 Å². The summed E-state index contributed by atoms with van der Waals surface area (Å²) in [6.45, 7) is 0. The molecule has 10 heteroatoms. The lowest BCUT2D eigenvalue weighted by Gasteiger charge is -2.03. The summed E-state index contributed by atoms with van der Waals surface area (Å²) in [4.78, 5) is 10.6. The first-order valence-corrected chi connectivity index (χ1v) is 9.31. The third-order valence-corrected chi connectivity index (χ3v) is 4.90. The van der Waals surface area contributed by atoms with Crippen molar-refractivity contribution in [3.8, 4) is 6.07 Å². The second-order valence-electron chi connectivity index (χ2n) is 4.56. The number of nitrogens with zero attached hydrogens (tertiary/aromatic N) is 3. The number of rotatable bonds is 6. The topological polar surface area (TPSA) is 123 Å². The Labute approximate surface area is 148 Å². The van der Waals surface area contributed by atoms with Crippen molar-refractivity contribution in [2.45, 2.75) is 9.79 Å². The lowest BCUT2D eigenvalue weighted by Crippen LogP contribution is -2.06. The minimum atomic E-state index is -4.29. The van der Waals surface area contributed by atoms with E-state index in [1.807, 2.05) is 6.26 Å². The number of nitro groups is 1. The zero-order valence-electron chi connectivity index (χ0n) is 12.8. The molecule has 25 heavy (non-hydrogen) atoms. The second kappa shape index (κ2) is 7.78. The van der Waals surface area contributed by atoms with Crippen molar-refractivity contribution in [1.29, 1.82) is 5.26 Å². The molecule has 0 atom stereocenters. The van der Waals surface area contributed by atoms with Crippen LogP contribution in [0.1, 0.15) is 5.56 Å². The maximum absolute atomic E-state index is 12.1. The lowest BCUT2D eigenvalue weighted by atomic mass is 10.1. The molecule has 0 aromatic heterocycles. The summed E-state index contributed by atoms with van der Waals surface area (Å²) < 4.78 is 28.6. The van der Waals surface area contributed by atoms with Crippen LogP contribution in [-0.4, -0.2) is 25.3 Å². The smallest absolute Gasteiger partial charge is 0.263 e. The molecule has 0 saturated carbocycles. The van der Waals surface area contributed by atoms with E-state index in [0.717, 1.165) is 29.2 Å². The van der Waals surface area contributed by atoms with Crippen LogP contribution in [0.2, 0.25) is 0 Å². The number of hydrogen-bond acceptors (Lipinski definition) is 8. The number of non-ortho nitro benzene ring substituents is 1. The maximum atomic E-state index is 12.1. The molecule has 2 aromatic carbocycles. The Balaban J connectivity index is 2.24. The Morgan fingerprint density at radius 1 is 1.20 bits per heavy atom. The van der Waals surface area contributed by atoms with Crippen molar-refractivity contribution in [2.24, 2.45) is 5.16 Å². The van der Waals surface area contributed by atoms with E-state index < -0.39 is 15.0 Å². The molecule has 0 heterocycles. The average Bonchev–Trinajstić information content (AvgIpc) is 2.62. The Bertz CT molecular complexity index is 946. The highest BCUT2D eigenvalue weighted by Gasteiger charge is 2.18. The van der Waals surface area contributed by atoms with Crippen LogP contribution in [0.15, 0.2) is 63.5 Å². The summed E-state index contributed by atoms with van der Waals surface area (Å²) in [6, 6.07) is 12.7. The van der Waals surface area contributed by atoms with Gasteiger partial charge in [-0.2, -0.15) is 13.7 Å². The first-order valence-electron chi connectivity index (χ1n) is 6.68. The summed E-state index contributed by atoms with van der Waals surface area (Å²) in [7, 11) is -4.29. The van der Waals surface area contributed by atoms with Crippen LogP contribution in [0.5, 0.6) is 0 Å². The predicted molar refractivity (Wildman–Crippen MR) is 91.7 cm³/mol. The van der Waals surface area contributed by atoms with Gasteiger partial charge in [-0.1, -0.05) is 17.3 Å². The van der Waals surface area contributed by atoms with Gasteiger partial charge in [0.2, 0.25) is 0 Å². The molecule has 0 fully saturated rings. The number of thioether (sulfide) groups is 1. The summed E-state index contributed by atoms with van der Waals surface area (Å²) in [5, 5.41) is 23.1. The van der Waals surface area contributed by atoms with Crippen LogP contribution < -0.4 is 0 Å². The quantitative estimate of drug-likeness (QED) is 0.328. The minimum absolute atomic E-state index is 0.210. The number of benzene rings is 2. The predicted octanol–water partition coefficient (Wildman–Crippen LogP) is 2.95. The van der Waals surface area contributed by atoms with Gasteiger partial charge in [-0.3, -0.25) is 14.4 Å². The highest BCUT2D eigenvalue weighted by Crippen LogP contribution is 2.19. The minimum Gasteiger partial charge on any atom is -0.263 e. The molecule has 0 unspecified atom stereocenters. The molecule has 0 bridgehead atoms. The summed E-state index contributed by atoms with van der Waals surface area (Å²) in [6.07, 6.45) is 1.90. The van der Waals surface area contributed by atoms with Crippen molar-refractivity contribution < 1.29 is 17.6 Å². The van der Waals surface area contributed by atoms with Crippen molar-refractivity contribution in [2.75, 3.05) is 6.26 Å². The molecule has 0 aliphatic rings. The number of hydrogen-bond donors (Lipinski definition) is 0. The molecule has 0 saturated heterocycles. The molecular formula is C15H11N3O5S2. The van der Waals surface area contributed by atoms with E-state index in [1.54, 1.807) is 30.3 Å². The molecule has 0 aliphatic heterocycles. The maximum Gasteiger partial charge on any atom is 0.358 e. The standard InChI is InChI=1S/C15H11N3O5S2/c1-24-13-6-2-11(3-7-13)15(10-16)17-23-25(21,22)14-8-4-12(5-9-14)18(19)20/h2-9H,1H3. The van der Waals surface area contributed by atoms with E-state index in [4.69, 9.17) is 5.26 Å². The Kier molecular flexibility index (Phi) is 5.74. The molecule has 8 nitrogen and oxygen atoms in total. The average molecular weight is 377 g/mol. The Morgan fingerprint density at radius 3 is 2.28 bits per heavy atom. The Hall–Kier alpha value is -2.90. The van der Waals surface area contributed by atoms with Crippen LogP contribution in [0.25, 0.3) is 0 Å². The number of nitriles is 1. The van der Waals surface area contributed by atoms with Gasteiger partial charge in [0, 0.05) is 22.6 Å². The van der Waals surface area contributed by atoms with Crippen LogP contribution >= 0.6 is 11.8 Å². The first-order chi connectivity index (χ1) is 11.9. The summed E-state index contributed by atoms with van der Waals surface area (Å²) in [5.41, 5.74) is -0.0635. The largest absolute Gasteiger partial charge is 0.358 e. The van der Waals surface area contributed by atoms with E-state index in [9.17, 15) is 18.5 Å². The van der Waals surface area contributed by atoms with Crippen LogP contribution in [0, 0.1) is 21.4 Å². The molecule has 0 spiro atoms. The number of oxime groups is 1. The van der Waals surface area contributed by atoms with E-state index in [1.165, 1.54) is 11.8 Å². The zero-order chi connectivity index (χ0) is 18.4. The molecule has 2 rings (SSSR count). The van der Waals surface area contributed by atoms with E-state index in [-0.39, 0.29) is 16.3 Å². The zero-order valence-corrected chi connectivity index (χ0v) is 14.5. The van der Waals surface area contributed by atoms with Gasteiger partial charge in [0.15, 0.2) is 5.71 Å². The highest BCUT2D eigenvalue weighted by atomic mass is 32.2. The third kappa shape index (κ3) is 4.56. The molecule has 0 aliphatic carbocycles. The van der Waals surface area contributed by atoms with Crippen LogP contribution in [0.4, 0.5) is 5.69 Å². The van der Waals surface area contributed by atoms with Gasteiger partial charge >= 0.3 is 10.1 Å². The van der Waals surface area contributed by atoms with E-state index in [0.29, 0.717) is 5.56 Å². The van der Waals surface area contributed by atoms with Gasteiger partial charge in [0.25, 0.3) is 5.69 Å². The van der Waals surface area contributed by atoms with Crippen molar-refractivity contribution in [3.63, 3.8) is 0 Å². The molecular weight excluding hydrogens is 366 g/mol. The SMILES string of the molecule is CSc1ccc(C(C#N)=NOS(=O)(=O)c2ccc([N+](=O)[O-])cc2)cc1. The van der Waals surface area contributed by atoms with Gasteiger partial charge in [0.05, 0.1) is 4.92 Å². The fourth-order valence-electron chi connectivity index (χ4n) is 1.75. The lowest BCUT2D eigenvalue weighted by molar-refractivity contribution is -0.384. The van der Waals surface area contributed by atoms with Gasteiger partial charge < -0.3 is 0 Å². The van der Waals surface area contributed by atoms with E-state index in [2.05, 4.69) is 9.44 Å². The van der Waals surface area contributed by atoms with Crippen molar-refractivity contribution in [3.05, 3.63) is 64.2 Å². The van der Waals surface area contributed by atoms with Gasteiger partial charge in [-0.25, -0.2) is 0 Å². The Morgan fingerprint density at radius 2 is 1.80 bits per heavy atom. The van der Waals surface area contributed by atoms with Crippen LogP contribution in [-0.2, 0) is 14.4 Å². The van der Waals surface area contributed by atoms with Crippen molar-refractivity contribution >= 4 is 33.3 Å². The normalized spacial score (nSPS) is 11.6. The second-order valence-corrected chi connectivity index (χ2v) is 6.97. The molecule has 2 aromatic rings. The molecule has 0 radical (unpaired) electrons.